The van der Waals surface area contributed by atoms with Crippen molar-refractivity contribution in [3.8, 4) is 0 Å². The second kappa shape index (κ2) is 4.29. The van der Waals surface area contributed by atoms with E-state index in [9.17, 15) is 0 Å². The summed E-state index contributed by atoms with van der Waals surface area (Å²) in [5.41, 5.74) is 2.66. The molecule has 0 N–H and O–H groups in total. The van der Waals surface area contributed by atoms with Gasteiger partial charge in [0.15, 0.2) is 0 Å². The van der Waals surface area contributed by atoms with Crippen molar-refractivity contribution in [2.24, 2.45) is 0 Å². The SMILES string of the molecule is CC(C)c1ccc(Cl)cc1CBr. The largest absolute Gasteiger partial charge is 0.0876 e. The van der Waals surface area contributed by atoms with Crippen molar-refractivity contribution in [3.05, 3.63) is 34.3 Å². The van der Waals surface area contributed by atoms with Crippen LogP contribution in [-0.2, 0) is 5.33 Å². The summed E-state index contributed by atoms with van der Waals surface area (Å²) in [5.74, 6) is 0.565. The predicted molar refractivity (Wildman–Crippen MR) is 58.2 cm³/mol. The summed E-state index contributed by atoms with van der Waals surface area (Å²) in [6.45, 7) is 4.38. The van der Waals surface area contributed by atoms with E-state index >= 15 is 0 Å². The van der Waals surface area contributed by atoms with Gasteiger partial charge in [-0.2, -0.15) is 0 Å². The maximum absolute atomic E-state index is 5.88. The minimum atomic E-state index is 0.565. The van der Waals surface area contributed by atoms with E-state index in [2.05, 4.69) is 35.8 Å². The molecule has 0 amide bonds. The van der Waals surface area contributed by atoms with E-state index in [0.717, 1.165) is 10.4 Å². The van der Waals surface area contributed by atoms with Crippen LogP contribution in [0.15, 0.2) is 18.2 Å². The predicted octanol–water partition coefficient (Wildman–Crippen LogP) is 4.36. The summed E-state index contributed by atoms with van der Waals surface area (Å²) in [5, 5.41) is 1.69. The van der Waals surface area contributed by atoms with Crippen LogP contribution in [-0.4, -0.2) is 0 Å². The number of benzene rings is 1. The van der Waals surface area contributed by atoms with Crippen molar-refractivity contribution >= 4 is 27.5 Å². The number of halogens is 2. The first-order valence-corrected chi connectivity index (χ1v) is 5.49. The lowest BCUT2D eigenvalue weighted by Gasteiger charge is -2.10. The van der Waals surface area contributed by atoms with Crippen molar-refractivity contribution in [1.29, 1.82) is 0 Å². The Kier molecular flexibility index (Phi) is 3.60. The maximum Gasteiger partial charge on any atom is 0.0409 e. The van der Waals surface area contributed by atoms with Crippen molar-refractivity contribution in [2.45, 2.75) is 25.1 Å². The number of alkyl halides is 1. The highest BCUT2D eigenvalue weighted by molar-refractivity contribution is 9.08. The van der Waals surface area contributed by atoms with Gasteiger partial charge in [-0.25, -0.2) is 0 Å². The molecule has 66 valence electrons. The molecular formula is C10H12BrCl. The van der Waals surface area contributed by atoms with E-state index in [4.69, 9.17) is 11.6 Å². The minimum Gasteiger partial charge on any atom is -0.0876 e. The molecule has 1 aromatic carbocycles. The van der Waals surface area contributed by atoms with E-state index in [0.29, 0.717) is 5.92 Å². The van der Waals surface area contributed by atoms with Gasteiger partial charge in [0.2, 0.25) is 0 Å². The van der Waals surface area contributed by atoms with E-state index in [-0.39, 0.29) is 0 Å². The molecule has 0 saturated carbocycles. The zero-order valence-corrected chi connectivity index (χ0v) is 9.61. The van der Waals surface area contributed by atoms with Gasteiger partial charge in [-0.1, -0.05) is 47.4 Å². The molecule has 0 aliphatic heterocycles. The fourth-order valence-corrected chi connectivity index (χ4v) is 1.93. The van der Waals surface area contributed by atoms with E-state index < -0.39 is 0 Å². The molecular weight excluding hydrogens is 235 g/mol. The van der Waals surface area contributed by atoms with Crippen LogP contribution in [0.4, 0.5) is 0 Å². The molecule has 0 aromatic heterocycles. The van der Waals surface area contributed by atoms with Gasteiger partial charge in [0.05, 0.1) is 0 Å². The van der Waals surface area contributed by atoms with Gasteiger partial charge in [-0.15, -0.1) is 0 Å². The molecule has 0 spiro atoms. The second-order valence-corrected chi connectivity index (χ2v) is 4.13. The standard InChI is InChI=1S/C10H12BrCl/c1-7(2)10-4-3-9(12)5-8(10)6-11/h3-5,7H,6H2,1-2H3. The third-order valence-electron chi connectivity index (χ3n) is 1.87. The lowest BCUT2D eigenvalue weighted by molar-refractivity contribution is 0.855. The van der Waals surface area contributed by atoms with Crippen LogP contribution in [0.2, 0.25) is 5.02 Å². The summed E-state index contributed by atoms with van der Waals surface area (Å²) in [4.78, 5) is 0. The van der Waals surface area contributed by atoms with Crippen LogP contribution in [0.3, 0.4) is 0 Å². The van der Waals surface area contributed by atoms with Crippen LogP contribution in [0.25, 0.3) is 0 Å². The number of hydrogen-bond donors (Lipinski definition) is 0. The van der Waals surface area contributed by atoms with Crippen molar-refractivity contribution < 1.29 is 0 Å². The lowest BCUT2D eigenvalue weighted by Crippen LogP contribution is -1.93. The summed E-state index contributed by atoms with van der Waals surface area (Å²) >= 11 is 9.33. The highest BCUT2D eigenvalue weighted by atomic mass is 79.9. The van der Waals surface area contributed by atoms with Crippen LogP contribution < -0.4 is 0 Å². The Morgan fingerprint density at radius 3 is 2.58 bits per heavy atom. The molecule has 12 heavy (non-hydrogen) atoms. The molecule has 0 aliphatic carbocycles. The van der Waals surface area contributed by atoms with Crippen LogP contribution in [0.1, 0.15) is 30.9 Å². The normalized spacial score (nSPS) is 10.8. The summed E-state index contributed by atoms with van der Waals surface area (Å²) < 4.78 is 0. The zero-order valence-electron chi connectivity index (χ0n) is 7.27. The topological polar surface area (TPSA) is 0 Å². The molecule has 0 atom stereocenters. The Morgan fingerprint density at radius 2 is 2.08 bits per heavy atom. The Labute approximate surface area is 87.1 Å². The maximum atomic E-state index is 5.88. The van der Waals surface area contributed by atoms with Gasteiger partial charge in [0.25, 0.3) is 0 Å². The van der Waals surface area contributed by atoms with Crippen LogP contribution in [0, 0.1) is 0 Å². The minimum absolute atomic E-state index is 0.565. The Hall–Kier alpha value is -0.0100. The molecule has 1 aromatic rings. The van der Waals surface area contributed by atoms with Crippen LogP contribution >= 0.6 is 27.5 Å². The first-order valence-electron chi connectivity index (χ1n) is 3.99. The van der Waals surface area contributed by atoms with Gasteiger partial charge in [-0.05, 0) is 29.2 Å². The van der Waals surface area contributed by atoms with Crippen molar-refractivity contribution in [1.82, 2.24) is 0 Å². The van der Waals surface area contributed by atoms with E-state index in [1.54, 1.807) is 0 Å². The molecule has 2 heteroatoms. The number of hydrogen-bond acceptors (Lipinski definition) is 0. The van der Waals surface area contributed by atoms with E-state index in [1.165, 1.54) is 11.1 Å². The fraction of sp³-hybridized carbons (Fsp3) is 0.400. The fourth-order valence-electron chi connectivity index (χ4n) is 1.25. The highest BCUT2D eigenvalue weighted by Crippen LogP contribution is 2.24. The molecule has 0 aliphatic rings. The Balaban J connectivity index is 3.11. The van der Waals surface area contributed by atoms with E-state index in [1.807, 2.05) is 12.1 Å². The molecule has 0 nitrogen and oxygen atoms in total. The monoisotopic (exact) mass is 246 g/mol. The summed E-state index contributed by atoms with van der Waals surface area (Å²) in [7, 11) is 0. The third kappa shape index (κ3) is 2.24. The van der Waals surface area contributed by atoms with Gasteiger partial charge in [-0.3, -0.25) is 0 Å². The molecule has 0 bridgehead atoms. The summed E-state index contributed by atoms with van der Waals surface area (Å²) in [6, 6.07) is 6.07. The Morgan fingerprint density at radius 1 is 1.42 bits per heavy atom. The molecule has 0 unspecified atom stereocenters. The smallest absolute Gasteiger partial charge is 0.0409 e. The second-order valence-electron chi connectivity index (χ2n) is 3.13. The molecule has 0 saturated heterocycles. The molecule has 1 rings (SSSR count). The van der Waals surface area contributed by atoms with Gasteiger partial charge in [0, 0.05) is 10.4 Å². The average molecular weight is 248 g/mol. The Bertz CT molecular complexity index is 269. The van der Waals surface area contributed by atoms with Crippen molar-refractivity contribution in [2.75, 3.05) is 0 Å². The van der Waals surface area contributed by atoms with Crippen molar-refractivity contribution in [3.63, 3.8) is 0 Å². The summed E-state index contributed by atoms with van der Waals surface area (Å²) in [6.07, 6.45) is 0. The third-order valence-corrected chi connectivity index (χ3v) is 2.71. The van der Waals surface area contributed by atoms with Gasteiger partial charge >= 0.3 is 0 Å². The molecule has 0 radical (unpaired) electrons. The van der Waals surface area contributed by atoms with Gasteiger partial charge < -0.3 is 0 Å². The zero-order chi connectivity index (χ0) is 9.14. The van der Waals surface area contributed by atoms with Gasteiger partial charge in [0.1, 0.15) is 0 Å². The molecule has 0 heterocycles. The highest BCUT2D eigenvalue weighted by Gasteiger charge is 2.05. The quantitative estimate of drug-likeness (QED) is 0.681. The first-order chi connectivity index (χ1) is 5.65. The van der Waals surface area contributed by atoms with Crippen LogP contribution in [0.5, 0.6) is 0 Å². The molecule has 0 fully saturated rings. The number of rotatable bonds is 2. The average Bonchev–Trinajstić information content (AvgIpc) is 2.03. The first kappa shape index (κ1) is 10.1. The lowest BCUT2D eigenvalue weighted by atomic mass is 9.98.